The number of anilines is 1. The number of rotatable bonds is 2. The fraction of sp³-hybridized carbons (Fsp3) is 0.294. The Kier molecular flexibility index (Phi) is 4.85. The summed E-state index contributed by atoms with van der Waals surface area (Å²) in [4.78, 5) is 19.5. The summed E-state index contributed by atoms with van der Waals surface area (Å²) in [6.07, 6.45) is -3.12. The Hall–Kier alpha value is -2.28. The fourth-order valence-electron chi connectivity index (χ4n) is 2.80. The van der Waals surface area contributed by atoms with Gasteiger partial charge in [-0.25, -0.2) is 4.98 Å². The smallest absolute Gasteiger partial charge is 0.353 e. The molecule has 4 nitrogen and oxygen atoms in total. The molecule has 0 N–H and O–H groups in total. The number of halogens is 4. The quantitative estimate of drug-likeness (QED) is 0.809. The highest BCUT2D eigenvalue weighted by atomic mass is 35.5. The second-order valence-corrected chi connectivity index (χ2v) is 6.10. The van der Waals surface area contributed by atoms with Crippen LogP contribution in [0, 0.1) is 0 Å². The molecule has 2 aromatic rings. The molecule has 0 saturated carbocycles. The van der Waals surface area contributed by atoms with Crippen molar-refractivity contribution in [1.82, 2.24) is 9.88 Å². The van der Waals surface area contributed by atoms with Crippen LogP contribution in [0.3, 0.4) is 0 Å². The maximum absolute atomic E-state index is 13.1. The minimum absolute atomic E-state index is 0.0927. The second kappa shape index (κ2) is 6.92. The molecule has 0 spiro atoms. The van der Waals surface area contributed by atoms with Crippen LogP contribution >= 0.6 is 11.6 Å². The number of hydrogen-bond donors (Lipinski definition) is 0. The van der Waals surface area contributed by atoms with Crippen LogP contribution in [0.4, 0.5) is 19.0 Å². The third kappa shape index (κ3) is 3.87. The molecule has 1 amide bonds. The zero-order valence-electron chi connectivity index (χ0n) is 13.1. The van der Waals surface area contributed by atoms with Crippen molar-refractivity contribution < 1.29 is 18.0 Å². The van der Waals surface area contributed by atoms with Gasteiger partial charge in [0.2, 0.25) is 0 Å². The Labute approximate surface area is 147 Å². The number of pyridine rings is 1. The molecule has 0 atom stereocenters. The minimum atomic E-state index is -4.46. The predicted octanol–water partition coefficient (Wildman–Crippen LogP) is 3.72. The van der Waals surface area contributed by atoms with Crippen LogP contribution in [0.25, 0.3) is 0 Å². The predicted molar refractivity (Wildman–Crippen MR) is 88.8 cm³/mol. The van der Waals surface area contributed by atoms with E-state index in [0.29, 0.717) is 23.7 Å². The van der Waals surface area contributed by atoms with Gasteiger partial charge in [0.1, 0.15) is 5.82 Å². The van der Waals surface area contributed by atoms with E-state index in [1.165, 1.54) is 12.3 Å². The molecule has 1 aliphatic heterocycles. The first-order valence-electron chi connectivity index (χ1n) is 7.68. The van der Waals surface area contributed by atoms with E-state index in [4.69, 9.17) is 11.6 Å². The molecule has 1 saturated heterocycles. The van der Waals surface area contributed by atoms with Gasteiger partial charge >= 0.3 is 6.18 Å². The summed E-state index contributed by atoms with van der Waals surface area (Å²) in [5.74, 6) is -0.274. The van der Waals surface area contributed by atoms with Crippen LogP contribution in [-0.4, -0.2) is 42.0 Å². The third-order valence-corrected chi connectivity index (χ3v) is 4.27. The Morgan fingerprint density at radius 2 is 1.80 bits per heavy atom. The molecular formula is C17H15ClF3N3O. The Morgan fingerprint density at radius 3 is 2.44 bits per heavy atom. The Balaban J connectivity index is 1.72. The Bertz CT molecular complexity index is 774. The van der Waals surface area contributed by atoms with Gasteiger partial charge in [-0.1, -0.05) is 17.7 Å². The second-order valence-electron chi connectivity index (χ2n) is 5.66. The number of piperazine rings is 1. The first-order valence-corrected chi connectivity index (χ1v) is 8.06. The van der Waals surface area contributed by atoms with Gasteiger partial charge < -0.3 is 9.80 Å². The van der Waals surface area contributed by atoms with Crippen molar-refractivity contribution in [2.24, 2.45) is 0 Å². The maximum atomic E-state index is 13.1. The maximum Gasteiger partial charge on any atom is 0.419 e. The van der Waals surface area contributed by atoms with Gasteiger partial charge in [0.25, 0.3) is 5.91 Å². The van der Waals surface area contributed by atoms with E-state index in [9.17, 15) is 18.0 Å². The largest absolute Gasteiger partial charge is 0.419 e. The van der Waals surface area contributed by atoms with Gasteiger partial charge in [-0.2, -0.15) is 13.2 Å². The van der Waals surface area contributed by atoms with Crippen molar-refractivity contribution >= 4 is 23.3 Å². The number of nitrogens with zero attached hydrogens (tertiary/aromatic N) is 3. The highest BCUT2D eigenvalue weighted by molar-refractivity contribution is 6.30. The molecule has 0 bridgehead atoms. The van der Waals surface area contributed by atoms with Gasteiger partial charge in [0.15, 0.2) is 0 Å². The molecule has 0 unspecified atom stereocenters. The van der Waals surface area contributed by atoms with Crippen molar-refractivity contribution in [3.63, 3.8) is 0 Å². The fourth-order valence-corrected chi connectivity index (χ4v) is 2.99. The summed E-state index contributed by atoms with van der Waals surface area (Å²) in [6, 6.07) is 8.90. The average Bonchev–Trinajstić information content (AvgIpc) is 2.60. The van der Waals surface area contributed by atoms with E-state index in [1.54, 1.807) is 34.1 Å². The molecule has 0 aliphatic carbocycles. The van der Waals surface area contributed by atoms with Crippen LogP contribution in [0.1, 0.15) is 15.9 Å². The summed E-state index contributed by atoms with van der Waals surface area (Å²) in [6.45, 7) is 1.21. The van der Waals surface area contributed by atoms with E-state index in [0.717, 1.165) is 6.07 Å². The number of carbonyl (C=O) groups excluding carboxylic acids is 1. The van der Waals surface area contributed by atoms with Crippen LogP contribution in [-0.2, 0) is 6.18 Å². The van der Waals surface area contributed by atoms with Crippen molar-refractivity contribution in [1.29, 1.82) is 0 Å². The Morgan fingerprint density at radius 1 is 1.08 bits per heavy atom. The number of carbonyl (C=O) groups is 1. The molecule has 25 heavy (non-hydrogen) atoms. The summed E-state index contributed by atoms with van der Waals surface area (Å²) in [7, 11) is 0. The number of amides is 1. The molecule has 2 heterocycles. The highest BCUT2D eigenvalue weighted by Gasteiger charge is 2.36. The van der Waals surface area contributed by atoms with E-state index in [2.05, 4.69) is 4.98 Å². The zero-order valence-corrected chi connectivity index (χ0v) is 13.9. The summed E-state index contributed by atoms with van der Waals surface area (Å²) in [5, 5.41) is 0.466. The van der Waals surface area contributed by atoms with Gasteiger partial charge in [0.05, 0.1) is 5.56 Å². The molecule has 1 aromatic heterocycles. The van der Waals surface area contributed by atoms with Gasteiger partial charge in [-0.05, 0) is 30.3 Å². The number of alkyl halides is 3. The topological polar surface area (TPSA) is 36.4 Å². The van der Waals surface area contributed by atoms with Gasteiger partial charge in [-0.3, -0.25) is 4.79 Å². The van der Waals surface area contributed by atoms with E-state index < -0.39 is 11.7 Å². The van der Waals surface area contributed by atoms with Crippen LogP contribution in [0.2, 0.25) is 5.02 Å². The highest BCUT2D eigenvalue weighted by Crippen LogP contribution is 2.35. The van der Waals surface area contributed by atoms with Crippen LogP contribution in [0.15, 0.2) is 42.6 Å². The summed E-state index contributed by atoms with van der Waals surface area (Å²) in [5.41, 5.74) is -0.292. The molecule has 1 aliphatic rings. The zero-order chi connectivity index (χ0) is 18.0. The molecular weight excluding hydrogens is 355 g/mol. The number of benzene rings is 1. The van der Waals surface area contributed by atoms with Crippen molar-refractivity contribution in [3.8, 4) is 0 Å². The third-order valence-electron chi connectivity index (χ3n) is 4.03. The first-order chi connectivity index (χ1) is 11.9. The minimum Gasteiger partial charge on any atom is -0.353 e. The number of hydrogen-bond acceptors (Lipinski definition) is 3. The first kappa shape index (κ1) is 17.5. The lowest BCUT2D eigenvalue weighted by molar-refractivity contribution is -0.137. The summed E-state index contributed by atoms with van der Waals surface area (Å²) < 4.78 is 39.4. The van der Waals surface area contributed by atoms with Crippen LogP contribution < -0.4 is 4.90 Å². The van der Waals surface area contributed by atoms with Gasteiger partial charge in [0, 0.05) is 43.0 Å². The lowest BCUT2D eigenvalue weighted by Gasteiger charge is -2.36. The molecule has 1 fully saturated rings. The molecule has 0 radical (unpaired) electrons. The van der Waals surface area contributed by atoms with E-state index in [-0.39, 0.29) is 24.8 Å². The van der Waals surface area contributed by atoms with Gasteiger partial charge in [-0.15, -0.1) is 0 Å². The lowest BCUT2D eigenvalue weighted by Crippen LogP contribution is -2.49. The lowest BCUT2D eigenvalue weighted by atomic mass is 10.1. The van der Waals surface area contributed by atoms with E-state index >= 15 is 0 Å². The summed E-state index contributed by atoms with van der Waals surface area (Å²) >= 11 is 5.90. The number of aromatic nitrogens is 1. The SMILES string of the molecule is O=C(c1cccc(Cl)c1)N1CCN(c2ncccc2C(F)(F)F)CC1. The van der Waals surface area contributed by atoms with Crippen molar-refractivity contribution in [2.45, 2.75) is 6.18 Å². The normalized spacial score (nSPS) is 15.4. The standard InChI is InChI=1S/C17H15ClF3N3O/c18-13-4-1-3-12(11-13)16(25)24-9-7-23(8-10-24)15-14(17(19,20)21)5-2-6-22-15/h1-6,11H,7-10H2. The van der Waals surface area contributed by atoms with Crippen molar-refractivity contribution in [2.75, 3.05) is 31.1 Å². The van der Waals surface area contributed by atoms with Crippen LogP contribution in [0.5, 0.6) is 0 Å². The molecule has 8 heteroatoms. The molecule has 3 rings (SSSR count). The molecule has 132 valence electrons. The van der Waals surface area contributed by atoms with Crippen molar-refractivity contribution in [3.05, 3.63) is 58.7 Å². The molecule has 1 aromatic carbocycles. The van der Waals surface area contributed by atoms with E-state index in [1.807, 2.05) is 0 Å². The monoisotopic (exact) mass is 369 g/mol. The average molecular weight is 370 g/mol.